The summed E-state index contributed by atoms with van der Waals surface area (Å²) in [5.74, 6) is 4.80. The molecule has 92 valence electrons. The molecular weight excluding hydrogens is 249 g/mol. The fourth-order valence-corrected chi connectivity index (χ4v) is 3.63. The molecule has 2 heteroatoms. The number of rotatable bonds is 2. The van der Waals surface area contributed by atoms with Gasteiger partial charge in [0.1, 0.15) is 0 Å². The number of hydrogen-bond donors (Lipinski definition) is 0. The van der Waals surface area contributed by atoms with Crippen LogP contribution >= 0.6 is 8.19 Å². The van der Waals surface area contributed by atoms with Gasteiger partial charge >= 0.3 is 0 Å². The van der Waals surface area contributed by atoms with E-state index >= 15 is 0 Å². The molecule has 0 bridgehead atoms. The standard InChI is InChI=1S/C17H14NP/c1-2-6-13(5-1)17-15-8-4-3-7-14(15)11-16(17)18-9-10-19-12-18/h1,3-12,17H,2H2. The second kappa shape index (κ2) is 4.36. The van der Waals surface area contributed by atoms with Gasteiger partial charge in [-0.1, -0.05) is 50.7 Å². The van der Waals surface area contributed by atoms with E-state index in [2.05, 4.69) is 71.1 Å². The van der Waals surface area contributed by atoms with E-state index in [0.29, 0.717) is 5.92 Å². The summed E-state index contributed by atoms with van der Waals surface area (Å²) in [6, 6.07) is 8.74. The molecule has 1 heterocycles. The lowest BCUT2D eigenvalue weighted by molar-refractivity contribution is 0.960. The van der Waals surface area contributed by atoms with Crippen molar-refractivity contribution in [3.8, 4) is 0 Å². The first kappa shape index (κ1) is 11.0. The minimum atomic E-state index is 0.393. The molecule has 0 saturated heterocycles. The third-order valence-electron chi connectivity index (χ3n) is 3.84. The lowest BCUT2D eigenvalue weighted by Gasteiger charge is -2.18. The van der Waals surface area contributed by atoms with Crippen molar-refractivity contribution in [2.75, 3.05) is 0 Å². The Hall–Kier alpha value is -1.85. The second-order valence-corrected chi connectivity index (χ2v) is 5.77. The Morgan fingerprint density at radius 2 is 2.16 bits per heavy atom. The first-order chi connectivity index (χ1) is 9.43. The van der Waals surface area contributed by atoms with E-state index < -0.39 is 0 Å². The van der Waals surface area contributed by atoms with Crippen molar-refractivity contribution in [2.45, 2.75) is 12.3 Å². The number of fused-ring (bicyclic) bond motifs is 1. The van der Waals surface area contributed by atoms with Crippen molar-refractivity contribution in [3.63, 3.8) is 0 Å². The normalized spacial score (nSPS) is 20.7. The Labute approximate surface area is 114 Å². The van der Waals surface area contributed by atoms with Gasteiger partial charge in [0, 0.05) is 23.7 Å². The number of aromatic nitrogens is 1. The summed E-state index contributed by atoms with van der Waals surface area (Å²) in [7, 11) is 1.27. The molecule has 19 heavy (non-hydrogen) atoms. The topological polar surface area (TPSA) is 4.93 Å². The molecule has 0 amide bonds. The Morgan fingerprint density at radius 1 is 1.21 bits per heavy atom. The van der Waals surface area contributed by atoms with E-state index in [1.165, 1.54) is 30.6 Å². The molecule has 0 N–H and O–H groups in total. The molecule has 2 aliphatic carbocycles. The number of nitrogens with zero attached hydrogens (tertiary/aromatic N) is 1. The highest BCUT2D eigenvalue weighted by Crippen LogP contribution is 2.45. The zero-order valence-electron chi connectivity index (χ0n) is 10.5. The predicted octanol–water partition coefficient (Wildman–Crippen LogP) is 5.05. The number of allylic oxidation sites excluding steroid dienone is 5. The first-order valence-electron chi connectivity index (χ1n) is 6.59. The zero-order chi connectivity index (χ0) is 12.7. The van der Waals surface area contributed by atoms with E-state index in [0.717, 1.165) is 6.42 Å². The van der Waals surface area contributed by atoms with Crippen molar-refractivity contribution in [1.29, 1.82) is 0 Å². The Balaban J connectivity index is 1.89. The van der Waals surface area contributed by atoms with Crippen LogP contribution in [0.5, 0.6) is 0 Å². The van der Waals surface area contributed by atoms with Gasteiger partial charge in [-0.05, 0) is 35.0 Å². The molecule has 0 spiro atoms. The molecule has 4 rings (SSSR count). The van der Waals surface area contributed by atoms with Gasteiger partial charge in [-0.15, -0.1) is 0 Å². The molecule has 1 aromatic heterocycles. The highest BCUT2D eigenvalue weighted by atomic mass is 31.0. The van der Waals surface area contributed by atoms with Gasteiger partial charge in [0.05, 0.1) is 0 Å². The summed E-state index contributed by atoms with van der Waals surface area (Å²) in [6.07, 6.45) is 12.4. The first-order valence-corrected chi connectivity index (χ1v) is 7.62. The van der Waals surface area contributed by atoms with Crippen LogP contribution < -0.4 is 0 Å². The molecule has 0 radical (unpaired) electrons. The van der Waals surface area contributed by atoms with Crippen molar-refractivity contribution < 1.29 is 0 Å². The maximum Gasteiger partial charge on any atom is 0.0499 e. The molecule has 1 atom stereocenters. The summed E-state index contributed by atoms with van der Waals surface area (Å²) in [5, 5.41) is 0. The molecular formula is C17H14NP. The Bertz CT molecular complexity index is 705. The summed E-state index contributed by atoms with van der Waals surface area (Å²) < 4.78 is 2.28. The molecule has 0 saturated carbocycles. The molecule has 1 aromatic carbocycles. The SMILES string of the molecule is C1=CC(C2C(n3ccpc3)=Cc3ccccc32)=CC1. The van der Waals surface area contributed by atoms with Gasteiger partial charge in [-0.25, -0.2) is 0 Å². The average Bonchev–Trinajstić information content (AvgIpc) is 3.17. The Morgan fingerprint density at radius 3 is 2.95 bits per heavy atom. The quantitative estimate of drug-likeness (QED) is 0.714. The maximum absolute atomic E-state index is 2.35. The van der Waals surface area contributed by atoms with E-state index in [-0.39, 0.29) is 0 Å². The lowest BCUT2D eigenvalue weighted by atomic mass is 9.91. The zero-order valence-corrected chi connectivity index (χ0v) is 11.4. The van der Waals surface area contributed by atoms with E-state index in [1.54, 1.807) is 0 Å². The lowest BCUT2D eigenvalue weighted by Crippen LogP contribution is -2.04. The van der Waals surface area contributed by atoms with E-state index in [1.807, 2.05) is 0 Å². The minimum Gasteiger partial charge on any atom is -0.322 e. The fourth-order valence-electron chi connectivity index (χ4n) is 2.98. The maximum atomic E-state index is 2.35. The smallest absolute Gasteiger partial charge is 0.0499 e. The summed E-state index contributed by atoms with van der Waals surface area (Å²) in [6.45, 7) is 0. The van der Waals surface area contributed by atoms with Crippen molar-refractivity contribution in [1.82, 2.24) is 4.57 Å². The van der Waals surface area contributed by atoms with Crippen molar-refractivity contribution in [3.05, 3.63) is 77.1 Å². The molecule has 2 aliphatic rings. The third-order valence-corrected chi connectivity index (χ3v) is 4.53. The summed E-state index contributed by atoms with van der Waals surface area (Å²) >= 11 is 0. The monoisotopic (exact) mass is 263 g/mol. The second-order valence-electron chi connectivity index (χ2n) is 4.94. The van der Waals surface area contributed by atoms with Gasteiger partial charge in [0.2, 0.25) is 0 Å². The molecule has 0 aliphatic heterocycles. The van der Waals surface area contributed by atoms with E-state index in [9.17, 15) is 0 Å². The van der Waals surface area contributed by atoms with Crippen LogP contribution in [-0.2, 0) is 0 Å². The minimum absolute atomic E-state index is 0.393. The largest absolute Gasteiger partial charge is 0.322 e. The van der Waals surface area contributed by atoms with Gasteiger partial charge in [0.15, 0.2) is 0 Å². The van der Waals surface area contributed by atoms with Crippen LogP contribution in [0.3, 0.4) is 0 Å². The molecule has 1 nitrogen and oxygen atoms in total. The Kier molecular flexibility index (Phi) is 2.53. The number of benzene rings is 1. The van der Waals surface area contributed by atoms with Crippen LogP contribution in [-0.4, -0.2) is 4.57 Å². The van der Waals surface area contributed by atoms with Gasteiger partial charge in [-0.3, -0.25) is 0 Å². The van der Waals surface area contributed by atoms with Crippen LogP contribution in [0.2, 0.25) is 0 Å². The molecule has 1 unspecified atom stereocenters. The van der Waals surface area contributed by atoms with E-state index in [4.69, 9.17) is 0 Å². The third kappa shape index (κ3) is 1.74. The van der Waals surface area contributed by atoms with Gasteiger partial charge < -0.3 is 4.57 Å². The predicted molar refractivity (Wildman–Crippen MR) is 82.1 cm³/mol. The number of hydrogen-bond acceptors (Lipinski definition) is 0. The van der Waals surface area contributed by atoms with Crippen LogP contribution in [0.4, 0.5) is 0 Å². The average molecular weight is 263 g/mol. The molecule has 0 fully saturated rings. The van der Waals surface area contributed by atoms with Crippen LogP contribution in [0.15, 0.2) is 66.0 Å². The van der Waals surface area contributed by atoms with Crippen LogP contribution in [0.1, 0.15) is 23.5 Å². The van der Waals surface area contributed by atoms with Crippen LogP contribution in [0.25, 0.3) is 11.8 Å². The highest BCUT2D eigenvalue weighted by molar-refractivity contribution is 7.28. The van der Waals surface area contributed by atoms with Gasteiger partial charge in [-0.2, -0.15) is 0 Å². The summed E-state index contributed by atoms with van der Waals surface area (Å²) in [5.41, 5.74) is 5.59. The highest BCUT2D eigenvalue weighted by Gasteiger charge is 2.28. The van der Waals surface area contributed by atoms with Gasteiger partial charge in [0.25, 0.3) is 0 Å². The van der Waals surface area contributed by atoms with Crippen molar-refractivity contribution in [2.24, 2.45) is 0 Å². The summed E-state index contributed by atoms with van der Waals surface area (Å²) in [4.78, 5) is 0. The van der Waals surface area contributed by atoms with Crippen LogP contribution in [0, 0.1) is 0 Å². The van der Waals surface area contributed by atoms with Crippen molar-refractivity contribution >= 4 is 20.0 Å². The fraction of sp³-hybridized carbons (Fsp3) is 0.118. The molecule has 2 aromatic rings.